The van der Waals surface area contributed by atoms with Crippen molar-refractivity contribution in [1.82, 2.24) is 25.8 Å². The molecule has 0 aliphatic carbocycles. The van der Waals surface area contributed by atoms with E-state index in [2.05, 4.69) is 93.2 Å². The summed E-state index contributed by atoms with van der Waals surface area (Å²) in [4.78, 5) is 88.7. The summed E-state index contributed by atoms with van der Waals surface area (Å²) >= 11 is 1.81. The highest BCUT2D eigenvalue weighted by atomic mass is 32.1. The molecule has 0 spiro atoms. The van der Waals surface area contributed by atoms with Gasteiger partial charge in [-0.2, -0.15) is 0 Å². The number of carbonyl (C=O) groups is 7. The lowest BCUT2D eigenvalue weighted by Gasteiger charge is -2.27. The average molecular weight is 902 g/mol. The summed E-state index contributed by atoms with van der Waals surface area (Å²) in [6, 6.07) is 5.29. The molecule has 0 fully saturated rings. The van der Waals surface area contributed by atoms with Gasteiger partial charge in [-0.25, -0.2) is 4.79 Å². The first kappa shape index (κ1) is 60.0. The molecule has 2 aromatic rings. The number of hydrogen-bond donors (Lipinski definition) is 4. The van der Waals surface area contributed by atoms with E-state index in [1.54, 1.807) is 19.9 Å². The van der Waals surface area contributed by atoms with E-state index in [0.717, 1.165) is 28.6 Å². The third-order valence-electron chi connectivity index (χ3n) is 9.45. The molecule has 1 heterocycles. The SMILES string of the molecule is C/C=C(\C)CC(C)CC/C=C(\C)C(=O)OCC(=O)NC(C)C(=O)N(C)CC(=O)N(C)CC(=O)NC(C(=O)N[C@H](C)C(=O)O)C(C)CC.CC.CC(C)C.Cc1csc2ccccc12. The fourth-order valence-electron chi connectivity index (χ4n) is 5.46. The zero-order valence-corrected chi connectivity index (χ0v) is 41.8. The van der Waals surface area contributed by atoms with E-state index in [-0.39, 0.29) is 5.92 Å². The van der Waals surface area contributed by atoms with Gasteiger partial charge in [-0.15, -0.1) is 11.3 Å². The number of aryl methyl sites for hydroxylation is 1. The second kappa shape index (κ2) is 32.6. The van der Waals surface area contributed by atoms with Crippen LogP contribution in [0.1, 0.15) is 121 Å². The highest BCUT2D eigenvalue weighted by Crippen LogP contribution is 2.24. The summed E-state index contributed by atoms with van der Waals surface area (Å²) in [7, 11) is 2.71. The number of likely N-dealkylation sites (N-methyl/N-ethyl adjacent to an activating group) is 2. The molecule has 0 aliphatic rings. The molecule has 5 amide bonds. The fraction of sp³-hybridized carbons (Fsp3) is 0.604. The number of hydrogen-bond acceptors (Lipinski definition) is 9. The van der Waals surface area contributed by atoms with Crippen molar-refractivity contribution < 1.29 is 43.4 Å². The fourth-order valence-corrected chi connectivity index (χ4v) is 6.40. The number of nitrogens with zero attached hydrogens (tertiary/aromatic N) is 2. The molecular weight excluding hydrogens is 823 g/mol. The molecule has 1 aromatic heterocycles. The number of carboxylic acids is 1. The minimum Gasteiger partial charge on any atom is -0.480 e. The predicted molar refractivity (Wildman–Crippen MR) is 255 cm³/mol. The van der Waals surface area contributed by atoms with Crippen molar-refractivity contribution in [2.24, 2.45) is 17.8 Å². The van der Waals surface area contributed by atoms with Crippen molar-refractivity contribution >= 4 is 62.9 Å². The van der Waals surface area contributed by atoms with E-state index in [1.165, 1.54) is 49.2 Å². The van der Waals surface area contributed by atoms with E-state index in [4.69, 9.17) is 9.84 Å². The number of carboxylic acid groups (broad SMARTS) is 1. The number of aliphatic carboxylic acids is 1. The molecule has 0 saturated carbocycles. The summed E-state index contributed by atoms with van der Waals surface area (Å²) in [6.07, 6.45) is 6.98. The number of rotatable bonds is 20. The van der Waals surface area contributed by atoms with Gasteiger partial charge in [0.15, 0.2) is 6.61 Å². The van der Waals surface area contributed by atoms with E-state index in [9.17, 15) is 33.6 Å². The molecule has 4 N–H and O–H groups in total. The Morgan fingerprint density at radius 3 is 1.97 bits per heavy atom. The maximum atomic E-state index is 12.8. The quantitative estimate of drug-likeness (QED) is 0.0586. The number of thiophene rings is 1. The summed E-state index contributed by atoms with van der Waals surface area (Å²) in [5, 5.41) is 20.0. The van der Waals surface area contributed by atoms with Crippen LogP contribution in [0.25, 0.3) is 10.1 Å². The maximum Gasteiger partial charge on any atom is 0.333 e. The smallest absolute Gasteiger partial charge is 0.333 e. The summed E-state index contributed by atoms with van der Waals surface area (Å²) in [6.45, 7) is 25.4. The molecule has 15 heteroatoms. The zero-order valence-electron chi connectivity index (χ0n) is 41.0. The minimum absolute atomic E-state index is 0.318. The van der Waals surface area contributed by atoms with Crippen molar-refractivity contribution in [1.29, 1.82) is 0 Å². The molecule has 1 aromatic carbocycles. The Morgan fingerprint density at radius 2 is 1.43 bits per heavy atom. The molecule has 5 atom stereocenters. The number of esters is 1. The van der Waals surface area contributed by atoms with Crippen molar-refractivity contribution in [3.05, 3.63) is 58.5 Å². The summed E-state index contributed by atoms with van der Waals surface area (Å²) < 4.78 is 6.46. The number of fused-ring (bicyclic) bond motifs is 1. The van der Waals surface area contributed by atoms with Gasteiger partial charge in [0.05, 0.1) is 13.1 Å². The Kier molecular flexibility index (Phi) is 31.1. The molecule has 0 saturated heterocycles. The molecule has 356 valence electrons. The minimum atomic E-state index is -1.22. The number of nitrogens with one attached hydrogen (secondary N) is 3. The molecule has 2 rings (SSSR count). The van der Waals surface area contributed by atoms with Crippen molar-refractivity contribution in [2.45, 2.75) is 141 Å². The van der Waals surface area contributed by atoms with Crippen LogP contribution in [0.3, 0.4) is 0 Å². The molecule has 14 nitrogen and oxygen atoms in total. The van der Waals surface area contributed by atoms with Gasteiger partial charge < -0.3 is 35.6 Å². The number of benzene rings is 1. The first-order chi connectivity index (χ1) is 29.4. The standard InChI is InChI=1S/C33H55N5O9.C9H8S.C4H10.C2H6/c1-11-20(3)16-21(4)14-13-15-23(6)33(46)47-19-27(40)34-24(7)31(43)38(10)18-28(41)37(9)17-26(39)36-29(22(5)12-2)30(42)35-25(8)32(44)45;1-7-6-10-9-5-3-2-4-8(7)9;1-4(2)3;1-2/h11,15,21-22,24-25,29H,12-14,16-19H2,1-10H3,(H,34,40)(H,35,42)(H,36,39)(H,44,45);2-6H,1H3;4H,1-3H3;1-2H3/b20-11+,23-15+;;;/t21?,22?,24?,25-,29?;;;/m1.../s1. The molecule has 0 aliphatic heterocycles. The van der Waals surface area contributed by atoms with Gasteiger partial charge in [-0.1, -0.05) is 97.7 Å². The Bertz CT molecular complexity index is 1800. The lowest BCUT2D eigenvalue weighted by molar-refractivity contribution is -0.146. The van der Waals surface area contributed by atoms with Crippen molar-refractivity contribution in [3.63, 3.8) is 0 Å². The summed E-state index contributed by atoms with van der Waals surface area (Å²) in [5.41, 5.74) is 3.09. The molecule has 4 unspecified atom stereocenters. The first-order valence-electron chi connectivity index (χ1n) is 21.9. The van der Waals surface area contributed by atoms with Crippen LogP contribution >= 0.6 is 11.3 Å². The van der Waals surface area contributed by atoms with Crippen LogP contribution in [0, 0.1) is 24.7 Å². The van der Waals surface area contributed by atoms with Gasteiger partial charge in [-0.05, 0) is 101 Å². The van der Waals surface area contributed by atoms with Gasteiger partial charge in [0, 0.05) is 24.4 Å². The predicted octanol–water partition coefficient (Wildman–Crippen LogP) is 7.69. The maximum absolute atomic E-state index is 12.8. The van der Waals surface area contributed by atoms with Crippen LogP contribution in [0.5, 0.6) is 0 Å². The van der Waals surface area contributed by atoms with Crippen LogP contribution in [0.2, 0.25) is 0 Å². The van der Waals surface area contributed by atoms with E-state index in [1.807, 2.05) is 39.0 Å². The van der Waals surface area contributed by atoms with Gasteiger partial charge in [-0.3, -0.25) is 28.8 Å². The van der Waals surface area contributed by atoms with Crippen LogP contribution in [0.15, 0.2) is 52.9 Å². The van der Waals surface area contributed by atoms with E-state index < -0.39 is 79.3 Å². The molecular formula is C48H79N5O9S. The van der Waals surface area contributed by atoms with Crippen molar-refractivity contribution in [2.75, 3.05) is 33.8 Å². The number of allylic oxidation sites excluding steroid dienone is 3. The van der Waals surface area contributed by atoms with Gasteiger partial charge in [0.1, 0.15) is 18.1 Å². The van der Waals surface area contributed by atoms with Crippen LogP contribution < -0.4 is 16.0 Å². The third-order valence-corrected chi connectivity index (χ3v) is 10.5. The molecule has 63 heavy (non-hydrogen) atoms. The summed E-state index contributed by atoms with van der Waals surface area (Å²) in [5.74, 6) is -4.03. The first-order valence-corrected chi connectivity index (χ1v) is 22.8. The van der Waals surface area contributed by atoms with Crippen molar-refractivity contribution in [3.8, 4) is 0 Å². The Hall–Kier alpha value is -5.05. The number of carbonyl (C=O) groups excluding carboxylic acids is 6. The number of ether oxygens (including phenoxy) is 1. The van der Waals surface area contributed by atoms with E-state index in [0.29, 0.717) is 24.3 Å². The van der Waals surface area contributed by atoms with Crippen LogP contribution in [0.4, 0.5) is 0 Å². The lowest BCUT2D eigenvalue weighted by Crippen LogP contribution is -2.55. The molecule has 0 bridgehead atoms. The lowest BCUT2D eigenvalue weighted by atomic mass is 9.97. The van der Waals surface area contributed by atoms with E-state index >= 15 is 0 Å². The molecule has 0 radical (unpaired) electrons. The Balaban J connectivity index is 0. The van der Waals surface area contributed by atoms with Crippen LogP contribution in [-0.4, -0.2) is 108 Å². The Labute approximate surface area is 381 Å². The van der Waals surface area contributed by atoms with Crippen LogP contribution in [-0.2, 0) is 38.3 Å². The average Bonchev–Trinajstić information content (AvgIpc) is 3.61. The second-order valence-corrected chi connectivity index (χ2v) is 17.3. The Morgan fingerprint density at radius 1 is 0.841 bits per heavy atom. The second-order valence-electron chi connectivity index (χ2n) is 16.4. The topological polar surface area (TPSA) is 192 Å². The van der Waals surface area contributed by atoms with Gasteiger partial charge in [0.2, 0.25) is 23.6 Å². The largest absolute Gasteiger partial charge is 0.480 e. The third kappa shape index (κ3) is 25.6. The zero-order chi connectivity index (χ0) is 49.0. The van der Waals surface area contributed by atoms with Gasteiger partial charge in [0.25, 0.3) is 5.91 Å². The monoisotopic (exact) mass is 902 g/mol. The highest BCUT2D eigenvalue weighted by Gasteiger charge is 2.29. The number of amides is 5. The highest BCUT2D eigenvalue weighted by molar-refractivity contribution is 7.17. The van der Waals surface area contributed by atoms with Gasteiger partial charge >= 0.3 is 11.9 Å². The normalized spacial score (nSPS) is 13.4.